The van der Waals surface area contributed by atoms with Crippen molar-refractivity contribution >= 4 is 6.03 Å². The average molecular weight is 529 g/mol. The van der Waals surface area contributed by atoms with Crippen LogP contribution in [0, 0.1) is 52.3 Å². The Hall–Kier alpha value is -0.850. The molecule has 1 unspecified atom stereocenters. The Kier molecular flexibility index (Phi) is 6.41. The number of fused-ring (bicyclic) bond motifs is 7. The Morgan fingerprint density at radius 2 is 1.68 bits per heavy atom. The number of hydrogen-bond donors (Lipinski definition) is 1. The molecule has 38 heavy (non-hydrogen) atoms. The van der Waals surface area contributed by atoms with Crippen molar-refractivity contribution in [2.45, 2.75) is 110 Å². The molecule has 214 valence electrons. The first-order chi connectivity index (χ1) is 18.2. The Balaban J connectivity index is 1.03. The maximum absolute atomic E-state index is 12.9. The first-order valence-electron chi connectivity index (χ1n) is 16.2. The summed E-state index contributed by atoms with van der Waals surface area (Å²) in [5, 5.41) is 3.42. The van der Waals surface area contributed by atoms with Crippen LogP contribution in [0.2, 0.25) is 0 Å². The second kappa shape index (κ2) is 9.34. The SMILES string of the molecule is C[C@H]1CC[C@@]2(OC1)O[C@H]1C[C@H]3[C@@H]4CC[C@@H]5CC(NC(=O)N6CCOCC6)CC[C@]5(C)[C@H]4CC[C@]3(C)[C@H]1[C@@H]2C. The number of ether oxygens (including phenoxy) is 3. The normalized spacial score (nSPS) is 54.1. The van der Waals surface area contributed by atoms with Crippen molar-refractivity contribution in [1.29, 1.82) is 0 Å². The van der Waals surface area contributed by atoms with E-state index in [-0.39, 0.29) is 11.8 Å². The van der Waals surface area contributed by atoms with Crippen LogP contribution in [0.5, 0.6) is 0 Å². The molecule has 0 aromatic carbocycles. The standard InChI is InChI=1S/C32H52N2O4/c1-20-7-12-32(37-19-20)21(2)28-27(38-32)18-26-24-6-5-22-17-23(33-29(35)34-13-15-36-16-14-34)8-10-30(22,3)25(24)9-11-31(26,28)4/h20-28H,5-19H2,1-4H3,(H,33,35)/t20-,21-,22+,23?,24+,25-,26-,27-,28-,30-,31-,32+/m0/s1. The molecule has 6 heteroatoms. The van der Waals surface area contributed by atoms with E-state index in [1.807, 2.05) is 4.90 Å². The summed E-state index contributed by atoms with van der Waals surface area (Å²) in [6.45, 7) is 13.7. The molecule has 2 amide bonds. The monoisotopic (exact) mass is 528 g/mol. The van der Waals surface area contributed by atoms with Gasteiger partial charge in [-0.25, -0.2) is 4.79 Å². The summed E-state index contributed by atoms with van der Waals surface area (Å²) < 4.78 is 18.9. The van der Waals surface area contributed by atoms with Gasteiger partial charge in [-0.1, -0.05) is 27.7 Å². The second-order valence-electron chi connectivity index (χ2n) is 15.2. The molecule has 4 saturated carbocycles. The average Bonchev–Trinajstić information content (AvgIpc) is 3.36. The van der Waals surface area contributed by atoms with Gasteiger partial charge in [-0.3, -0.25) is 0 Å². The molecule has 7 rings (SSSR count). The second-order valence-corrected chi connectivity index (χ2v) is 15.2. The highest BCUT2D eigenvalue weighted by Gasteiger charge is 2.69. The van der Waals surface area contributed by atoms with Crippen LogP contribution in [-0.2, 0) is 14.2 Å². The molecule has 3 aliphatic heterocycles. The fraction of sp³-hybridized carbons (Fsp3) is 0.969. The van der Waals surface area contributed by atoms with Gasteiger partial charge in [0.1, 0.15) is 0 Å². The van der Waals surface area contributed by atoms with Crippen LogP contribution in [0.25, 0.3) is 0 Å². The first kappa shape index (κ1) is 26.1. The van der Waals surface area contributed by atoms with Crippen LogP contribution < -0.4 is 5.32 Å². The zero-order valence-electron chi connectivity index (χ0n) is 24.4. The van der Waals surface area contributed by atoms with Gasteiger partial charge in [-0.15, -0.1) is 0 Å². The number of carbonyl (C=O) groups is 1. The lowest BCUT2D eigenvalue weighted by Crippen LogP contribution is -2.57. The molecule has 12 atom stereocenters. The number of hydrogen-bond acceptors (Lipinski definition) is 4. The minimum absolute atomic E-state index is 0.129. The summed E-state index contributed by atoms with van der Waals surface area (Å²) >= 11 is 0. The van der Waals surface area contributed by atoms with Crippen molar-refractivity contribution < 1.29 is 19.0 Å². The Morgan fingerprint density at radius 3 is 2.45 bits per heavy atom. The molecule has 0 bridgehead atoms. The van der Waals surface area contributed by atoms with E-state index in [9.17, 15) is 4.79 Å². The van der Waals surface area contributed by atoms with Gasteiger partial charge in [0.25, 0.3) is 0 Å². The van der Waals surface area contributed by atoms with E-state index in [0.29, 0.717) is 53.9 Å². The number of morpholine rings is 1. The fourth-order valence-corrected chi connectivity index (χ4v) is 11.4. The van der Waals surface area contributed by atoms with Crippen LogP contribution in [0.15, 0.2) is 0 Å². The molecule has 1 spiro atoms. The van der Waals surface area contributed by atoms with Crippen LogP contribution in [0.1, 0.15) is 91.9 Å². The molecule has 7 fully saturated rings. The van der Waals surface area contributed by atoms with Gasteiger partial charge < -0.3 is 24.4 Å². The Labute approximate surface area is 230 Å². The number of nitrogens with zero attached hydrogens (tertiary/aromatic N) is 1. The lowest BCUT2D eigenvalue weighted by atomic mass is 9.44. The third-order valence-corrected chi connectivity index (χ3v) is 13.6. The zero-order chi connectivity index (χ0) is 26.3. The van der Waals surface area contributed by atoms with Crippen LogP contribution in [-0.4, -0.2) is 61.8 Å². The third-order valence-electron chi connectivity index (χ3n) is 13.6. The highest BCUT2D eigenvalue weighted by atomic mass is 16.7. The van der Waals surface area contributed by atoms with Gasteiger partial charge >= 0.3 is 6.03 Å². The van der Waals surface area contributed by atoms with Crippen molar-refractivity contribution in [1.82, 2.24) is 10.2 Å². The van der Waals surface area contributed by atoms with Crippen molar-refractivity contribution in [2.24, 2.45) is 52.3 Å². The summed E-state index contributed by atoms with van der Waals surface area (Å²) in [5.41, 5.74) is 0.826. The summed E-state index contributed by atoms with van der Waals surface area (Å²) in [7, 11) is 0. The van der Waals surface area contributed by atoms with E-state index in [1.54, 1.807) is 0 Å². The molecule has 0 aromatic rings. The van der Waals surface area contributed by atoms with Crippen molar-refractivity contribution in [3.05, 3.63) is 0 Å². The van der Waals surface area contributed by atoms with E-state index in [2.05, 4.69) is 33.0 Å². The number of urea groups is 1. The molecular weight excluding hydrogens is 476 g/mol. The number of carbonyl (C=O) groups excluding carboxylic acids is 1. The van der Waals surface area contributed by atoms with Gasteiger partial charge in [-0.2, -0.15) is 0 Å². The maximum atomic E-state index is 12.9. The molecule has 7 aliphatic rings. The topological polar surface area (TPSA) is 60.0 Å². The molecule has 4 aliphatic carbocycles. The fourth-order valence-electron chi connectivity index (χ4n) is 11.4. The van der Waals surface area contributed by atoms with Gasteiger partial charge in [0.05, 0.1) is 25.9 Å². The number of nitrogens with one attached hydrogen (secondary N) is 1. The van der Waals surface area contributed by atoms with E-state index in [1.165, 1.54) is 51.4 Å². The zero-order valence-corrected chi connectivity index (χ0v) is 24.4. The molecule has 0 aromatic heterocycles. The highest BCUT2D eigenvalue weighted by molar-refractivity contribution is 5.74. The first-order valence-corrected chi connectivity index (χ1v) is 16.2. The smallest absolute Gasteiger partial charge is 0.317 e. The lowest BCUT2D eigenvalue weighted by Gasteiger charge is -2.61. The summed E-state index contributed by atoms with van der Waals surface area (Å²) in [6.07, 6.45) is 13.0. The van der Waals surface area contributed by atoms with Crippen LogP contribution in [0.4, 0.5) is 4.79 Å². The van der Waals surface area contributed by atoms with Crippen LogP contribution in [0.3, 0.4) is 0 Å². The van der Waals surface area contributed by atoms with E-state index in [0.717, 1.165) is 56.2 Å². The molecule has 6 nitrogen and oxygen atoms in total. The van der Waals surface area contributed by atoms with Crippen molar-refractivity contribution in [3.63, 3.8) is 0 Å². The van der Waals surface area contributed by atoms with Crippen molar-refractivity contribution in [3.8, 4) is 0 Å². The molecule has 1 N–H and O–H groups in total. The summed E-state index contributed by atoms with van der Waals surface area (Å²) in [5.74, 6) is 4.74. The molecule has 3 heterocycles. The predicted octanol–water partition coefficient (Wildman–Crippen LogP) is 5.84. The molecule has 0 radical (unpaired) electrons. The van der Waals surface area contributed by atoms with Crippen molar-refractivity contribution in [2.75, 3.05) is 32.9 Å². The van der Waals surface area contributed by atoms with Crippen LogP contribution >= 0.6 is 0 Å². The predicted molar refractivity (Wildman–Crippen MR) is 146 cm³/mol. The third kappa shape index (κ3) is 3.85. The Bertz CT molecular complexity index is 913. The van der Waals surface area contributed by atoms with Gasteiger partial charge in [0, 0.05) is 31.5 Å². The Morgan fingerprint density at radius 1 is 0.895 bits per heavy atom. The minimum Gasteiger partial charge on any atom is -0.378 e. The minimum atomic E-state index is -0.305. The molecule has 3 saturated heterocycles. The number of amides is 2. The largest absolute Gasteiger partial charge is 0.378 e. The maximum Gasteiger partial charge on any atom is 0.317 e. The van der Waals surface area contributed by atoms with E-state index in [4.69, 9.17) is 14.2 Å². The van der Waals surface area contributed by atoms with E-state index >= 15 is 0 Å². The molecular formula is C32H52N2O4. The number of rotatable bonds is 1. The lowest BCUT2D eigenvalue weighted by molar-refractivity contribution is -0.273. The summed E-state index contributed by atoms with van der Waals surface area (Å²) in [6, 6.07) is 0.466. The highest BCUT2D eigenvalue weighted by Crippen LogP contribution is 2.71. The quantitative estimate of drug-likeness (QED) is 0.464. The van der Waals surface area contributed by atoms with Gasteiger partial charge in [-0.05, 0) is 104 Å². The summed E-state index contributed by atoms with van der Waals surface area (Å²) in [4.78, 5) is 14.8. The van der Waals surface area contributed by atoms with E-state index < -0.39 is 0 Å². The van der Waals surface area contributed by atoms with Gasteiger partial charge in [0.2, 0.25) is 0 Å². The van der Waals surface area contributed by atoms with Gasteiger partial charge in [0.15, 0.2) is 5.79 Å².